The van der Waals surface area contributed by atoms with Crippen molar-refractivity contribution < 1.29 is 19.1 Å². The molecule has 0 spiro atoms. The van der Waals surface area contributed by atoms with Gasteiger partial charge in [-0.3, -0.25) is 10.1 Å². The zero-order valence-electron chi connectivity index (χ0n) is 12.6. The normalized spacial score (nSPS) is 17.7. The van der Waals surface area contributed by atoms with Crippen LogP contribution < -0.4 is 10.1 Å². The van der Waals surface area contributed by atoms with Gasteiger partial charge in [0.25, 0.3) is 5.91 Å². The van der Waals surface area contributed by atoms with Gasteiger partial charge >= 0.3 is 5.97 Å². The number of rotatable bonds is 5. The second-order valence-corrected chi connectivity index (χ2v) is 5.24. The largest absolute Gasteiger partial charge is 0.493 e. The molecule has 1 heterocycles. The number of hydrogen-bond acceptors (Lipinski definition) is 7. The summed E-state index contributed by atoms with van der Waals surface area (Å²) in [4.78, 5) is 23.0. The molecule has 0 aliphatic carbocycles. The smallest absolute Gasteiger partial charge is 0.331 e. The molecule has 120 valence electrons. The number of carbonyl (C=O) groups excluding carboxylic acids is 2. The van der Waals surface area contributed by atoms with Crippen molar-refractivity contribution in [2.45, 2.75) is 6.92 Å². The second-order valence-electron chi connectivity index (χ2n) is 4.21. The third kappa shape index (κ3) is 4.68. The Balaban J connectivity index is 2.08. The van der Waals surface area contributed by atoms with Crippen molar-refractivity contribution in [3.8, 4) is 5.75 Å². The average Bonchev–Trinajstić information content (AvgIpc) is 2.89. The lowest BCUT2D eigenvalue weighted by molar-refractivity contribution is -0.135. The first-order valence-electron chi connectivity index (χ1n) is 6.75. The van der Waals surface area contributed by atoms with Crippen molar-refractivity contribution >= 4 is 35.0 Å². The van der Waals surface area contributed by atoms with Gasteiger partial charge in [-0.05, 0) is 30.8 Å². The zero-order chi connectivity index (χ0) is 16.7. The molecule has 0 unspecified atom stereocenters. The van der Waals surface area contributed by atoms with E-state index >= 15 is 0 Å². The first-order chi connectivity index (χ1) is 11.1. The monoisotopic (exact) mass is 333 g/mol. The van der Waals surface area contributed by atoms with Crippen LogP contribution in [0.15, 0.2) is 45.4 Å². The Kier molecular flexibility index (Phi) is 5.93. The molecule has 0 bridgehead atoms. The van der Waals surface area contributed by atoms with Crippen LogP contribution in [0.25, 0.3) is 0 Å². The van der Waals surface area contributed by atoms with Gasteiger partial charge in [-0.25, -0.2) is 4.79 Å². The van der Waals surface area contributed by atoms with E-state index in [-0.39, 0.29) is 10.1 Å². The Bertz CT molecular complexity index is 698. The van der Waals surface area contributed by atoms with Crippen LogP contribution >= 0.6 is 11.8 Å². The summed E-state index contributed by atoms with van der Waals surface area (Å²) in [6.07, 6.45) is 2.64. The summed E-state index contributed by atoms with van der Waals surface area (Å²) >= 11 is 1.02. The highest BCUT2D eigenvalue weighted by Gasteiger charge is 2.24. The number of thioether (sulfide) groups is 1. The molecule has 2 rings (SSSR count). The first kappa shape index (κ1) is 16.8. The van der Waals surface area contributed by atoms with E-state index in [0.29, 0.717) is 12.4 Å². The number of nitrogens with zero attached hydrogens (tertiary/aromatic N) is 2. The van der Waals surface area contributed by atoms with Gasteiger partial charge in [-0.15, -0.1) is 5.10 Å². The number of carbonyl (C=O) groups is 2. The van der Waals surface area contributed by atoms with Crippen LogP contribution in [0, 0.1) is 0 Å². The van der Waals surface area contributed by atoms with E-state index in [9.17, 15) is 9.59 Å². The number of esters is 1. The van der Waals surface area contributed by atoms with E-state index in [2.05, 4.69) is 20.3 Å². The van der Waals surface area contributed by atoms with Gasteiger partial charge in [-0.1, -0.05) is 12.1 Å². The van der Waals surface area contributed by atoms with Gasteiger partial charge in [0.2, 0.25) is 0 Å². The third-order valence-corrected chi connectivity index (χ3v) is 3.57. The summed E-state index contributed by atoms with van der Waals surface area (Å²) in [7, 11) is 1.24. The maximum absolute atomic E-state index is 11.6. The molecule has 0 saturated carbocycles. The molecule has 7 nitrogen and oxygen atoms in total. The van der Waals surface area contributed by atoms with Gasteiger partial charge in [0, 0.05) is 11.6 Å². The molecule has 0 aromatic heterocycles. The summed E-state index contributed by atoms with van der Waals surface area (Å²) in [5, 5.41) is 10.7. The number of ether oxygens (including phenoxy) is 2. The van der Waals surface area contributed by atoms with Crippen LogP contribution in [0.3, 0.4) is 0 Å². The molecule has 1 amide bonds. The number of para-hydroxylation sites is 1. The van der Waals surface area contributed by atoms with Crippen LogP contribution in [-0.4, -0.2) is 37.0 Å². The minimum atomic E-state index is -0.599. The van der Waals surface area contributed by atoms with Gasteiger partial charge in [0.05, 0.1) is 24.8 Å². The molecule has 8 heteroatoms. The number of benzene rings is 1. The van der Waals surface area contributed by atoms with Crippen molar-refractivity contribution in [2.75, 3.05) is 13.7 Å². The second kappa shape index (κ2) is 8.14. The lowest BCUT2D eigenvalue weighted by Crippen LogP contribution is -2.19. The van der Waals surface area contributed by atoms with Crippen molar-refractivity contribution in [3.63, 3.8) is 0 Å². The number of amidine groups is 1. The van der Waals surface area contributed by atoms with Crippen molar-refractivity contribution in [1.82, 2.24) is 5.32 Å². The number of hydrogen-bond donors (Lipinski definition) is 1. The highest BCUT2D eigenvalue weighted by Crippen LogP contribution is 2.23. The molecule has 1 fully saturated rings. The minimum absolute atomic E-state index is 0.209. The molecule has 0 atom stereocenters. The Labute approximate surface area is 137 Å². The number of methoxy groups -OCH3 is 1. The Morgan fingerprint density at radius 2 is 2.17 bits per heavy atom. The minimum Gasteiger partial charge on any atom is -0.493 e. The standard InChI is InChI=1S/C15H15N3O4S/c1-3-22-11-7-5-4-6-10(11)9-16-18-15-17-14(20)12(23-15)8-13(19)21-2/h4-9H,3H2,1-2H3,(H,17,18,20)/b12-8+,16-9?. The van der Waals surface area contributed by atoms with E-state index in [4.69, 9.17) is 4.74 Å². The van der Waals surface area contributed by atoms with E-state index in [0.717, 1.165) is 23.4 Å². The highest BCUT2D eigenvalue weighted by molar-refractivity contribution is 8.18. The van der Waals surface area contributed by atoms with Crippen LogP contribution in [0.2, 0.25) is 0 Å². The van der Waals surface area contributed by atoms with Gasteiger partial charge in [-0.2, -0.15) is 5.10 Å². The molecule has 1 N–H and O–H groups in total. The van der Waals surface area contributed by atoms with E-state index in [1.807, 2.05) is 31.2 Å². The van der Waals surface area contributed by atoms with Gasteiger partial charge in [0.15, 0.2) is 5.17 Å². The Hall–Kier alpha value is -2.61. The van der Waals surface area contributed by atoms with Crippen LogP contribution in [-0.2, 0) is 14.3 Å². The van der Waals surface area contributed by atoms with E-state index in [1.165, 1.54) is 13.3 Å². The lowest BCUT2D eigenvalue weighted by Gasteiger charge is -2.04. The quantitative estimate of drug-likeness (QED) is 0.383. The maximum atomic E-state index is 11.6. The summed E-state index contributed by atoms with van der Waals surface area (Å²) < 4.78 is 9.95. The fourth-order valence-corrected chi connectivity index (χ4v) is 2.40. The molecule has 1 saturated heterocycles. The predicted octanol–water partition coefficient (Wildman–Crippen LogP) is 1.70. The van der Waals surface area contributed by atoms with E-state index in [1.54, 1.807) is 0 Å². The molecular formula is C15H15N3O4S. The van der Waals surface area contributed by atoms with Crippen molar-refractivity contribution in [1.29, 1.82) is 0 Å². The topological polar surface area (TPSA) is 89.4 Å². The molecule has 1 aliphatic heterocycles. The molecular weight excluding hydrogens is 318 g/mol. The van der Waals surface area contributed by atoms with Crippen LogP contribution in [0.1, 0.15) is 12.5 Å². The molecule has 0 radical (unpaired) electrons. The molecule has 1 aromatic rings. The Morgan fingerprint density at radius 3 is 2.91 bits per heavy atom. The summed E-state index contributed by atoms with van der Waals surface area (Å²) in [5.74, 6) is -0.310. The zero-order valence-corrected chi connectivity index (χ0v) is 13.4. The highest BCUT2D eigenvalue weighted by atomic mass is 32.2. The SMILES string of the molecule is CCOc1ccccc1C=N/N=C1/NC(=O)/C(=C\C(=O)OC)S1. The Morgan fingerprint density at radius 1 is 1.39 bits per heavy atom. The van der Waals surface area contributed by atoms with Gasteiger partial charge in [0.1, 0.15) is 5.75 Å². The van der Waals surface area contributed by atoms with Gasteiger partial charge < -0.3 is 9.47 Å². The number of amides is 1. The summed E-state index contributed by atoms with van der Waals surface area (Å²) in [5.41, 5.74) is 0.776. The molecule has 1 aromatic carbocycles. The van der Waals surface area contributed by atoms with Crippen molar-refractivity contribution in [3.05, 3.63) is 40.8 Å². The fraction of sp³-hybridized carbons (Fsp3) is 0.200. The van der Waals surface area contributed by atoms with Crippen LogP contribution in [0.5, 0.6) is 5.75 Å². The fourth-order valence-electron chi connectivity index (χ4n) is 1.66. The third-order valence-electron chi connectivity index (χ3n) is 2.67. The summed E-state index contributed by atoms with van der Waals surface area (Å²) in [6, 6.07) is 7.41. The number of nitrogens with one attached hydrogen (secondary N) is 1. The average molecular weight is 333 g/mol. The summed E-state index contributed by atoms with van der Waals surface area (Å²) in [6.45, 7) is 2.45. The van der Waals surface area contributed by atoms with E-state index < -0.39 is 11.9 Å². The first-order valence-corrected chi connectivity index (χ1v) is 7.57. The predicted molar refractivity (Wildman–Crippen MR) is 88.5 cm³/mol. The maximum Gasteiger partial charge on any atom is 0.331 e. The van der Waals surface area contributed by atoms with Crippen LogP contribution in [0.4, 0.5) is 0 Å². The molecule has 1 aliphatic rings. The molecule has 23 heavy (non-hydrogen) atoms. The van der Waals surface area contributed by atoms with Crippen molar-refractivity contribution in [2.24, 2.45) is 10.2 Å². The lowest BCUT2D eigenvalue weighted by atomic mass is 10.2.